The van der Waals surface area contributed by atoms with Crippen LogP contribution < -0.4 is 4.90 Å². The van der Waals surface area contributed by atoms with Crippen LogP contribution in [-0.2, 0) is 0 Å². The van der Waals surface area contributed by atoms with Gasteiger partial charge in [-0.2, -0.15) is 0 Å². The van der Waals surface area contributed by atoms with Gasteiger partial charge < -0.3 is 4.90 Å². The highest BCUT2D eigenvalue weighted by atomic mass is 35.5. The van der Waals surface area contributed by atoms with Gasteiger partial charge in [0.1, 0.15) is 11.5 Å². The van der Waals surface area contributed by atoms with E-state index in [0.29, 0.717) is 11.8 Å². The quantitative estimate of drug-likeness (QED) is 0.669. The Hall–Kier alpha value is -0.830. The third kappa shape index (κ3) is 1.41. The molecule has 3 rings (SSSR count). The van der Waals surface area contributed by atoms with Crippen LogP contribution in [0.4, 0.5) is 14.5 Å². The summed E-state index contributed by atoms with van der Waals surface area (Å²) in [6.07, 6.45) is 1.21. The molecule has 0 bridgehead atoms. The molecule has 2 fully saturated rings. The minimum Gasteiger partial charge on any atom is -0.366 e. The summed E-state index contributed by atoms with van der Waals surface area (Å²) in [7, 11) is 0. The normalized spacial score (nSPS) is 28.1. The van der Waals surface area contributed by atoms with E-state index in [2.05, 4.69) is 0 Å². The molecule has 1 heterocycles. The molecule has 0 aromatic heterocycles. The van der Waals surface area contributed by atoms with Crippen LogP contribution in [0.15, 0.2) is 12.1 Å². The van der Waals surface area contributed by atoms with Crippen LogP contribution >= 0.6 is 11.6 Å². The van der Waals surface area contributed by atoms with Gasteiger partial charge in [-0.3, -0.25) is 0 Å². The van der Waals surface area contributed by atoms with Crippen molar-refractivity contribution in [3.05, 3.63) is 28.8 Å². The zero-order valence-electron chi connectivity index (χ0n) is 8.01. The van der Waals surface area contributed by atoms with Gasteiger partial charge in [0, 0.05) is 13.1 Å². The number of nitrogens with zero attached hydrogens (tertiary/aromatic N) is 1. The molecule has 0 amide bonds. The summed E-state index contributed by atoms with van der Waals surface area (Å²) in [5, 5.41) is -0.00743. The number of halogens is 3. The Balaban J connectivity index is 1.99. The van der Waals surface area contributed by atoms with Crippen molar-refractivity contribution in [2.45, 2.75) is 6.42 Å². The van der Waals surface area contributed by atoms with Crippen molar-refractivity contribution in [3.63, 3.8) is 0 Å². The molecule has 1 saturated carbocycles. The van der Waals surface area contributed by atoms with Crippen LogP contribution in [-0.4, -0.2) is 13.1 Å². The second-order valence-electron chi connectivity index (χ2n) is 4.35. The van der Waals surface area contributed by atoms with Crippen molar-refractivity contribution >= 4 is 17.3 Å². The molecule has 1 aromatic rings. The zero-order valence-corrected chi connectivity index (χ0v) is 8.77. The van der Waals surface area contributed by atoms with Crippen molar-refractivity contribution in [1.82, 2.24) is 0 Å². The van der Waals surface area contributed by atoms with E-state index in [-0.39, 0.29) is 10.7 Å². The van der Waals surface area contributed by atoms with E-state index >= 15 is 0 Å². The monoisotopic (exact) mass is 229 g/mol. The Bertz CT molecular complexity index is 411. The lowest BCUT2D eigenvalue weighted by Crippen LogP contribution is -2.24. The molecule has 1 aromatic carbocycles. The van der Waals surface area contributed by atoms with Gasteiger partial charge in [0.15, 0.2) is 5.82 Å². The van der Waals surface area contributed by atoms with Crippen molar-refractivity contribution < 1.29 is 8.78 Å². The molecule has 2 unspecified atom stereocenters. The summed E-state index contributed by atoms with van der Waals surface area (Å²) in [5.74, 6) is 0.140. The van der Waals surface area contributed by atoms with Crippen LogP contribution in [0.3, 0.4) is 0 Å². The fraction of sp³-hybridized carbons (Fsp3) is 0.455. The van der Waals surface area contributed by atoms with Gasteiger partial charge in [-0.05, 0) is 30.4 Å². The number of anilines is 1. The molecule has 1 nitrogen and oxygen atoms in total. The molecule has 1 aliphatic carbocycles. The van der Waals surface area contributed by atoms with Gasteiger partial charge in [-0.25, -0.2) is 8.78 Å². The number of hydrogen-bond donors (Lipinski definition) is 0. The lowest BCUT2D eigenvalue weighted by Gasteiger charge is -2.21. The summed E-state index contributed by atoms with van der Waals surface area (Å²) in [6, 6.07) is 2.48. The molecule has 0 spiro atoms. The fourth-order valence-electron chi connectivity index (χ4n) is 2.39. The van der Waals surface area contributed by atoms with Gasteiger partial charge in [-0.15, -0.1) is 0 Å². The first-order chi connectivity index (χ1) is 7.16. The van der Waals surface area contributed by atoms with Gasteiger partial charge in [-0.1, -0.05) is 11.6 Å². The zero-order chi connectivity index (χ0) is 10.6. The minimum absolute atomic E-state index is 0.00743. The van der Waals surface area contributed by atoms with Crippen LogP contribution in [0.5, 0.6) is 0 Å². The standard InChI is InChI=1S/C11H10ClF2N/c12-8-1-2-9(13)11(10(8)14)15-4-6-3-7(6)5-15/h1-2,6-7H,3-5H2. The number of fused-ring (bicyclic) bond motifs is 1. The molecular formula is C11H10ClF2N. The van der Waals surface area contributed by atoms with E-state index in [1.165, 1.54) is 18.6 Å². The Morgan fingerprint density at radius 1 is 1.20 bits per heavy atom. The van der Waals surface area contributed by atoms with E-state index in [1.807, 2.05) is 0 Å². The van der Waals surface area contributed by atoms with E-state index in [1.54, 1.807) is 4.90 Å². The summed E-state index contributed by atoms with van der Waals surface area (Å²) < 4.78 is 27.1. The maximum atomic E-state index is 13.6. The van der Waals surface area contributed by atoms with Crippen LogP contribution in [0, 0.1) is 23.5 Å². The fourth-order valence-corrected chi connectivity index (χ4v) is 2.54. The first kappa shape index (κ1) is 9.40. The topological polar surface area (TPSA) is 3.24 Å². The summed E-state index contributed by atoms with van der Waals surface area (Å²) in [6.45, 7) is 1.53. The average Bonchev–Trinajstić information content (AvgIpc) is 2.81. The molecule has 2 aliphatic rings. The number of piperidine rings is 1. The highest BCUT2D eigenvalue weighted by Gasteiger charge is 2.46. The Morgan fingerprint density at radius 2 is 1.87 bits per heavy atom. The van der Waals surface area contributed by atoms with Gasteiger partial charge in [0.25, 0.3) is 0 Å². The van der Waals surface area contributed by atoms with Crippen molar-refractivity contribution in [2.75, 3.05) is 18.0 Å². The first-order valence-electron chi connectivity index (χ1n) is 5.05. The summed E-state index contributed by atoms with van der Waals surface area (Å²) in [5.41, 5.74) is 0.0506. The van der Waals surface area contributed by atoms with E-state index in [0.717, 1.165) is 13.1 Å². The maximum absolute atomic E-state index is 13.6. The SMILES string of the molecule is Fc1ccc(Cl)c(F)c1N1CC2CC2C1. The Labute approximate surface area is 91.6 Å². The maximum Gasteiger partial charge on any atom is 0.168 e. The van der Waals surface area contributed by atoms with Crippen molar-refractivity contribution in [3.8, 4) is 0 Å². The number of rotatable bonds is 1. The molecule has 4 heteroatoms. The molecule has 0 radical (unpaired) electrons. The molecule has 15 heavy (non-hydrogen) atoms. The van der Waals surface area contributed by atoms with E-state index in [9.17, 15) is 8.78 Å². The first-order valence-corrected chi connectivity index (χ1v) is 5.43. The average molecular weight is 230 g/mol. The third-order valence-electron chi connectivity index (χ3n) is 3.31. The predicted molar refractivity (Wildman–Crippen MR) is 55.2 cm³/mol. The van der Waals surface area contributed by atoms with Crippen molar-refractivity contribution in [1.29, 1.82) is 0 Å². The summed E-state index contributed by atoms with van der Waals surface area (Å²) in [4.78, 5) is 1.77. The van der Waals surface area contributed by atoms with Crippen LogP contribution in [0.1, 0.15) is 6.42 Å². The molecule has 2 atom stereocenters. The van der Waals surface area contributed by atoms with Gasteiger partial charge in [0.05, 0.1) is 5.02 Å². The van der Waals surface area contributed by atoms with Crippen molar-refractivity contribution in [2.24, 2.45) is 11.8 Å². The lowest BCUT2D eigenvalue weighted by atomic mass is 10.2. The molecule has 1 aliphatic heterocycles. The number of benzene rings is 1. The molecule has 0 N–H and O–H groups in total. The third-order valence-corrected chi connectivity index (χ3v) is 3.61. The Kier molecular flexibility index (Phi) is 1.93. The smallest absolute Gasteiger partial charge is 0.168 e. The van der Waals surface area contributed by atoms with E-state index in [4.69, 9.17) is 11.6 Å². The highest BCUT2D eigenvalue weighted by molar-refractivity contribution is 6.31. The lowest BCUT2D eigenvalue weighted by molar-refractivity contribution is 0.573. The predicted octanol–water partition coefficient (Wildman–Crippen LogP) is 3.07. The molecule has 1 saturated heterocycles. The van der Waals surface area contributed by atoms with E-state index < -0.39 is 11.6 Å². The second kappa shape index (κ2) is 3.08. The van der Waals surface area contributed by atoms with Crippen LogP contribution in [0.2, 0.25) is 5.02 Å². The highest BCUT2D eigenvalue weighted by Crippen LogP contribution is 2.47. The molecular weight excluding hydrogens is 220 g/mol. The second-order valence-corrected chi connectivity index (χ2v) is 4.76. The minimum atomic E-state index is -0.627. The largest absolute Gasteiger partial charge is 0.366 e. The Morgan fingerprint density at radius 3 is 2.53 bits per heavy atom. The van der Waals surface area contributed by atoms with Gasteiger partial charge >= 0.3 is 0 Å². The molecule has 80 valence electrons. The van der Waals surface area contributed by atoms with Gasteiger partial charge in [0.2, 0.25) is 0 Å². The summed E-state index contributed by atoms with van der Waals surface area (Å²) >= 11 is 5.64. The van der Waals surface area contributed by atoms with Crippen LogP contribution in [0.25, 0.3) is 0 Å². The number of hydrogen-bond acceptors (Lipinski definition) is 1.